The van der Waals surface area contributed by atoms with Gasteiger partial charge in [-0.05, 0) is 38.9 Å². The van der Waals surface area contributed by atoms with Crippen molar-refractivity contribution in [1.82, 2.24) is 4.98 Å². The number of thiazole rings is 1. The molecule has 6 aromatic rings. The van der Waals surface area contributed by atoms with Gasteiger partial charge in [0.2, 0.25) is 0 Å². The van der Waals surface area contributed by atoms with E-state index in [1.54, 1.807) is 11.3 Å². The van der Waals surface area contributed by atoms with Gasteiger partial charge in [0.05, 0.1) is 10.2 Å². The third-order valence-electron chi connectivity index (χ3n) is 6.58. The lowest BCUT2D eigenvalue weighted by Gasteiger charge is -2.34. The SMILES string of the molecule is Sc1ccccc1-c1nc2ccc([Si](c3ccccc3)(c3ccccc3)c3ccccc3)cc2s1. The van der Waals surface area contributed by atoms with Gasteiger partial charge in [0.15, 0.2) is 8.07 Å². The Morgan fingerprint density at radius 3 is 1.60 bits per heavy atom. The van der Waals surface area contributed by atoms with Crippen molar-refractivity contribution in [2.75, 3.05) is 0 Å². The molecule has 0 saturated heterocycles. The molecule has 5 aromatic carbocycles. The first-order chi connectivity index (χ1) is 17.3. The molecular formula is C31H23NS2Si. The second kappa shape index (κ2) is 9.31. The molecule has 0 N–H and O–H groups in total. The lowest BCUT2D eigenvalue weighted by Crippen LogP contribution is -2.74. The Kier molecular flexibility index (Phi) is 5.86. The summed E-state index contributed by atoms with van der Waals surface area (Å²) in [5.41, 5.74) is 2.11. The normalized spacial score (nSPS) is 11.6. The Labute approximate surface area is 216 Å². The molecule has 4 heteroatoms. The first-order valence-electron chi connectivity index (χ1n) is 11.6. The van der Waals surface area contributed by atoms with Crippen molar-refractivity contribution in [2.45, 2.75) is 4.90 Å². The van der Waals surface area contributed by atoms with Crippen LogP contribution in [0.5, 0.6) is 0 Å². The van der Waals surface area contributed by atoms with Gasteiger partial charge < -0.3 is 0 Å². The van der Waals surface area contributed by atoms with Crippen LogP contribution in [-0.2, 0) is 0 Å². The summed E-state index contributed by atoms with van der Waals surface area (Å²) in [6.45, 7) is 0. The molecule has 0 aliphatic heterocycles. The molecule has 168 valence electrons. The molecule has 0 radical (unpaired) electrons. The highest BCUT2D eigenvalue weighted by Crippen LogP contribution is 2.33. The zero-order valence-corrected chi connectivity index (χ0v) is 21.7. The maximum Gasteiger partial charge on any atom is 0.179 e. The van der Waals surface area contributed by atoms with Gasteiger partial charge in [-0.3, -0.25) is 0 Å². The fraction of sp³-hybridized carbons (Fsp3) is 0. The highest BCUT2D eigenvalue weighted by atomic mass is 32.1. The molecule has 1 nitrogen and oxygen atoms in total. The monoisotopic (exact) mass is 501 g/mol. The van der Waals surface area contributed by atoms with Crippen LogP contribution in [0.4, 0.5) is 0 Å². The molecule has 1 heterocycles. The zero-order valence-electron chi connectivity index (χ0n) is 19.0. The molecule has 0 saturated carbocycles. The molecule has 0 fully saturated rings. The van der Waals surface area contributed by atoms with E-state index in [0.717, 1.165) is 21.0 Å². The van der Waals surface area contributed by atoms with E-state index < -0.39 is 8.07 Å². The summed E-state index contributed by atoms with van der Waals surface area (Å²) in [4.78, 5) is 5.92. The van der Waals surface area contributed by atoms with Crippen molar-refractivity contribution in [3.05, 3.63) is 133 Å². The predicted molar refractivity (Wildman–Crippen MR) is 156 cm³/mol. The Balaban J connectivity index is 1.64. The molecule has 0 atom stereocenters. The third kappa shape index (κ3) is 3.84. The largest absolute Gasteiger partial charge is 0.236 e. The van der Waals surface area contributed by atoms with Crippen molar-refractivity contribution in [1.29, 1.82) is 0 Å². The number of rotatable bonds is 5. The maximum absolute atomic E-state index is 4.97. The lowest BCUT2D eigenvalue weighted by atomic mass is 10.2. The Morgan fingerprint density at radius 2 is 1.06 bits per heavy atom. The van der Waals surface area contributed by atoms with Gasteiger partial charge in [-0.2, -0.15) is 0 Å². The molecule has 0 bridgehead atoms. The van der Waals surface area contributed by atoms with Gasteiger partial charge in [0, 0.05) is 10.5 Å². The molecule has 6 rings (SSSR count). The van der Waals surface area contributed by atoms with E-state index in [-0.39, 0.29) is 0 Å². The molecule has 0 spiro atoms. The summed E-state index contributed by atoms with van der Waals surface area (Å²) in [6, 6.07) is 48.1. The van der Waals surface area contributed by atoms with Crippen LogP contribution in [0.25, 0.3) is 20.8 Å². The standard InChI is InChI=1S/C31H23NS2Si/c33-29-19-11-10-18-27(29)31-32-28-21-20-26(22-30(28)34-31)35(23-12-4-1-5-13-23,24-14-6-2-7-15-24)25-16-8-3-9-17-25/h1-22,33H. The van der Waals surface area contributed by atoms with Gasteiger partial charge in [0.25, 0.3) is 0 Å². The van der Waals surface area contributed by atoms with Crippen LogP contribution in [0.3, 0.4) is 0 Å². The van der Waals surface area contributed by atoms with Crippen molar-refractivity contribution in [3.8, 4) is 10.6 Å². The second-order valence-corrected chi connectivity index (χ2v) is 13.9. The topological polar surface area (TPSA) is 12.9 Å². The van der Waals surface area contributed by atoms with E-state index in [1.807, 2.05) is 18.2 Å². The average Bonchev–Trinajstić information content (AvgIpc) is 3.35. The fourth-order valence-electron chi connectivity index (χ4n) is 4.99. The van der Waals surface area contributed by atoms with Crippen LogP contribution >= 0.6 is 24.0 Å². The Morgan fingerprint density at radius 1 is 0.543 bits per heavy atom. The number of hydrogen-bond acceptors (Lipinski definition) is 3. The van der Waals surface area contributed by atoms with Gasteiger partial charge in [0.1, 0.15) is 5.01 Å². The van der Waals surface area contributed by atoms with Crippen LogP contribution in [0.2, 0.25) is 0 Å². The first-order valence-corrected chi connectivity index (χ1v) is 14.9. The van der Waals surface area contributed by atoms with E-state index in [1.165, 1.54) is 25.4 Å². The summed E-state index contributed by atoms with van der Waals surface area (Å²) in [6.07, 6.45) is 0. The number of aromatic nitrogens is 1. The summed E-state index contributed by atoms with van der Waals surface area (Å²) in [5, 5.41) is 6.50. The predicted octanol–water partition coefficient (Wildman–Crippen LogP) is 5.63. The third-order valence-corrected chi connectivity index (χ3v) is 12.8. The van der Waals surface area contributed by atoms with Gasteiger partial charge in [-0.25, -0.2) is 4.98 Å². The van der Waals surface area contributed by atoms with Crippen molar-refractivity contribution >= 4 is 63.0 Å². The molecule has 0 unspecified atom stereocenters. The average molecular weight is 502 g/mol. The van der Waals surface area contributed by atoms with Crippen molar-refractivity contribution < 1.29 is 0 Å². The summed E-state index contributed by atoms with van der Waals surface area (Å²) in [5.74, 6) is 0. The minimum absolute atomic E-state index is 0.952. The highest BCUT2D eigenvalue weighted by molar-refractivity contribution is 7.80. The van der Waals surface area contributed by atoms with Crippen LogP contribution in [0.1, 0.15) is 0 Å². The van der Waals surface area contributed by atoms with E-state index in [0.29, 0.717) is 0 Å². The number of thiol groups is 1. The van der Waals surface area contributed by atoms with Crippen LogP contribution in [0.15, 0.2) is 138 Å². The van der Waals surface area contributed by atoms with E-state index in [9.17, 15) is 0 Å². The summed E-state index contributed by atoms with van der Waals surface area (Å²) >= 11 is 6.42. The van der Waals surface area contributed by atoms with Crippen molar-refractivity contribution in [3.63, 3.8) is 0 Å². The molecule has 0 amide bonds. The van der Waals surface area contributed by atoms with Crippen LogP contribution < -0.4 is 20.7 Å². The Bertz CT molecular complexity index is 1500. The molecule has 1 aromatic heterocycles. The van der Waals surface area contributed by atoms with E-state index in [2.05, 4.69) is 128 Å². The number of nitrogens with zero attached hydrogens (tertiary/aromatic N) is 1. The quantitative estimate of drug-likeness (QED) is 0.184. The minimum Gasteiger partial charge on any atom is -0.236 e. The molecule has 0 aliphatic carbocycles. The lowest BCUT2D eigenvalue weighted by molar-refractivity contribution is 1.40. The van der Waals surface area contributed by atoms with Crippen LogP contribution in [-0.4, -0.2) is 13.1 Å². The molecule has 0 aliphatic rings. The number of fused-ring (bicyclic) bond motifs is 1. The van der Waals surface area contributed by atoms with Gasteiger partial charge in [-0.15, -0.1) is 24.0 Å². The van der Waals surface area contributed by atoms with Gasteiger partial charge in [-0.1, -0.05) is 115 Å². The first kappa shape index (κ1) is 22.0. The smallest absolute Gasteiger partial charge is 0.179 e. The maximum atomic E-state index is 4.97. The highest BCUT2D eigenvalue weighted by Gasteiger charge is 2.41. The summed E-state index contributed by atoms with van der Waals surface area (Å²) in [7, 11) is -2.53. The van der Waals surface area contributed by atoms with Gasteiger partial charge >= 0.3 is 0 Å². The van der Waals surface area contributed by atoms with Crippen LogP contribution in [0, 0.1) is 0 Å². The fourth-order valence-corrected chi connectivity index (χ4v) is 11.3. The minimum atomic E-state index is -2.53. The zero-order chi connectivity index (χ0) is 23.7. The molecule has 35 heavy (non-hydrogen) atoms. The summed E-state index contributed by atoms with van der Waals surface area (Å²) < 4.78 is 1.20. The van der Waals surface area contributed by atoms with Crippen molar-refractivity contribution in [2.24, 2.45) is 0 Å². The second-order valence-electron chi connectivity index (χ2n) is 8.57. The van der Waals surface area contributed by atoms with E-state index >= 15 is 0 Å². The number of benzene rings is 5. The number of hydrogen-bond donors (Lipinski definition) is 1. The Hall–Kier alpha value is -3.44. The molecular weight excluding hydrogens is 479 g/mol. The van der Waals surface area contributed by atoms with E-state index in [4.69, 9.17) is 4.98 Å².